The molecule has 1 amide bonds. The average Bonchev–Trinajstić information content (AvgIpc) is 2.87. The molecule has 1 aromatic rings. The van der Waals surface area contributed by atoms with Gasteiger partial charge in [0.1, 0.15) is 5.37 Å². The van der Waals surface area contributed by atoms with Crippen molar-refractivity contribution in [2.24, 2.45) is 0 Å². The molecule has 3 rings (SSSR count). The molecular formula is C18H23NO3S. The number of carbonyl (C=O) groups excluding carboxylic acids is 2. The van der Waals surface area contributed by atoms with E-state index in [-0.39, 0.29) is 23.0 Å². The smallest absolute Gasteiger partial charge is 0.315 e. The molecule has 1 aliphatic heterocycles. The topological polar surface area (TPSA) is 46.6 Å². The Kier molecular flexibility index (Phi) is 5.26. The van der Waals surface area contributed by atoms with Crippen LogP contribution in [0.1, 0.15) is 60.3 Å². The first-order valence-electron chi connectivity index (χ1n) is 8.41. The molecule has 0 bridgehead atoms. The molecule has 0 radical (unpaired) electrons. The number of fused-ring (bicyclic) bond motifs is 1. The highest BCUT2D eigenvalue weighted by atomic mass is 32.2. The van der Waals surface area contributed by atoms with Crippen LogP contribution in [0.2, 0.25) is 0 Å². The van der Waals surface area contributed by atoms with E-state index in [1.54, 1.807) is 0 Å². The number of rotatable bonds is 5. The molecule has 4 nitrogen and oxygen atoms in total. The predicted octanol–water partition coefficient (Wildman–Crippen LogP) is 3.77. The summed E-state index contributed by atoms with van der Waals surface area (Å²) in [5, 5.41) is -0.0637. The van der Waals surface area contributed by atoms with E-state index >= 15 is 0 Å². The number of esters is 1. The van der Waals surface area contributed by atoms with Crippen LogP contribution >= 0.6 is 11.8 Å². The fraction of sp³-hybridized carbons (Fsp3) is 0.556. The van der Waals surface area contributed by atoms with Crippen molar-refractivity contribution in [1.82, 2.24) is 4.90 Å². The quantitative estimate of drug-likeness (QED) is 0.770. The molecule has 1 atom stereocenters. The molecule has 0 spiro atoms. The molecule has 1 heterocycles. The summed E-state index contributed by atoms with van der Waals surface area (Å²) in [5.41, 5.74) is 1.83. The van der Waals surface area contributed by atoms with E-state index in [0.29, 0.717) is 12.6 Å². The minimum Gasteiger partial charge on any atom is -0.465 e. The number of ether oxygens (including phenoxy) is 1. The summed E-state index contributed by atoms with van der Waals surface area (Å²) in [6.45, 7) is 2.21. The van der Waals surface area contributed by atoms with Crippen LogP contribution in [0.25, 0.3) is 0 Å². The zero-order chi connectivity index (χ0) is 16.2. The van der Waals surface area contributed by atoms with Crippen LogP contribution in [-0.4, -0.2) is 35.2 Å². The number of benzene rings is 1. The van der Waals surface area contributed by atoms with Gasteiger partial charge in [-0.1, -0.05) is 37.5 Å². The molecule has 0 unspecified atom stereocenters. The molecule has 0 aromatic heterocycles. The molecule has 23 heavy (non-hydrogen) atoms. The monoisotopic (exact) mass is 333 g/mol. The van der Waals surface area contributed by atoms with Gasteiger partial charge in [0.05, 0.1) is 12.4 Å². The number of carbonyl (C=O) groups is 2. The van der Waals surface area contributed by atoms with Crippen LogP contribution in [0, 0.1) is 0 Å². The molecule has 124 valence electrons. The van der Waals surface area contributed by atoms with Gasteiger partial charge in [-0.15, -0.1) is 11.8 Å². The second-order valence-corrected chi connectivity index (χ2v) is 7.13. The largest absolute Gasteiger partial charge is 0.465 e. The van der Waals surface area contributed by atoms with Crippen molar-refractivity contribution in [3.8, 4) is 0 Å². The minimum atomic E-state index is -0.210. The number of hydrogen-bond donors (Lipinski definition) is 0. The fourth-order valence-electron chi connectivity index (χ4n) is 3.54. The first kappa shape index (κ1) is 16.4. The SMILES string of the molecule is CCOC(=O)CS[C@H]1c2ccccc2C(=O)N1C1CCCCC1. The van der Waals surface area contributed by atoms with E-state index in [1.165, 1.54) is 31.0 Å². The maximum absolute atomic E-state index is 12.9. The van der Waals surface area contributed by atoms with Crippen LogP contribution < -0.4 is 0 Å². The Labute approximate surface area is 141 Å². The highest BCUT2D eigenvalue weighted by Crippen LogP contribution is 2.44. The van der Waals surface area contributed by atoms with E-state index in [1.807, 2.05) is 36.1 Å². The van der Waals surface area contributed by atoms with Crippen molar-refractivity contribution in [2.45, 2.75) is 50.4 Å². The van der Waals surface area contributed by atoms with E-state index < -0.39 is 0 Å². The van der Waals surface area contributed by atoms with Gasteiger partial charge in [0, 0.05) is 11.6 Å². The average molecular weight is 333 g/mol. The highest BCUT2D eigenvalue weighted by Gasteiger charge is 2.41. The maximum atomic E-state index is 12.9. The Morgan fingerprint density at radius 3 is 2.74 bits per heavy atom. The molecule has 1 saturated carbocycles. The van der Waals surface area contributed by atoms with E-state index in [4.69, 9.17) is 4.74 Å². The lowest BCUT2D eigenvalue weighted by atomic mass is 9.94. The van der Waals surface area contributed by atoms with Crippen molar-refractivity contribution in [2.75, 3.05) is 12.4 Å². The van der Waals surface area contributed by atoms with Crippen molar-refractivity contribution in [1.29, 1.82) is 0 Å². The van der Waals surface area contributed by atoms with Gasteiger partial charge in [0.15, 0.2) is 0 Å². The zero-order valence-electron chi connectivity index (χ0n) is 13.5. The van der Waals surface area contributed by atoms with E-state index in [9.17, 15) is 9.59 Å². The molecule has 5 heteroatoms. The number of thioether (sulfide) groups is 1. The van der Waals surface area contributed by atoms with Crippen molar-refractivity contribution < 1.29 is 14.3 Å². The molecular weight excluding hydrogens is 310 g/mol. The Hall–Kier alpha value is -1.49. The van der Waals surface area contributed by atoms with Crippen molar-refractivity contribution in [3.63, 3.8) is 0 Å². The Morgan fingerprint density at radius 2 is 2.00 bits per heavy atom. The van der Waals surface area contributed by atoms with Gasteiger partial charge in [0.2, 0.25) is 0 Å². The van der Waals surface area contributed by atoms with Crippen LogP contribution in [0.15, 0.2) is 24.3 Å². The summed E-state index contributed by atoms with van der Waals surface area (Å²) in [4.78, 5) is 26.6. The first-order chi connectivity index (χ1) is 11.2. The lowest BCUT2D eigenvalue weighted by Crippen LogP contribution is -2.39. The van der Waals surface area contributed by atoms with Crippen LogP contribution in [0.3, 0.4) is 0 Å². The molecule has 2 aliphatic rings. The van der Waals surface area contributed by atoms with Crippen molar-refractivity contribution >= 4 is 23.6 Å². The fourth-order valence-corrected chi connectivity index (χ4v) is 4.73. The number of hydrogen-bond acceptors (Lipinski definition) is 4. The molecule has 0 saturated heterocycles. The third-order valence-corrected chi connectivity index (χ3v) is 5.78. The van der Waals surface area contributed by atoms with Gasteiger partial charge < -0.3 is 9.64 Å². The van der Waals surface area contributed by atoms with Gasteiger partial charge in [-0.3, -0.25) is 9.59 Å². The third kappa shape index (κ3) is 3.39. The molecule has 1 aromatic carbocycles. The summed E-state index contributed by atoms with van der Waals surface area (Å²) in [6.07, 6.45) is 5.75. The van der Waals surface area contributed by atoms with Gasteiger partial charge in [-0.2, -0.15) is 0 Å². The number of amides is 1. The summed E-state index contributed by atoms with van der Waals surface area (Å²) < 4.78 is 5.03. The standard InChI is InChI=1S/C18H23NO3S/c1-2-22-16(20)12-23-18-15-11-7-6-10-14(15)17(21)19(18)13-8-4-3-5-9-13/h6-7,10-11,13,18H,2-5,8-9,12H2,1H3/t18-/m0/s1. The second kappa shape index (κ2) is 7.39. The summed E-state index contributed by atoms with van der Waals surface area (Å²) in [7, 11) is 0. The van der Waals surface area contributed by atoms with Crippen molar-refractivity contribution in [3.05, 3.63) is 35.4 Å². The second-order valence-electron chi connectivity index (χ2n) is 6.06. The summed E-state index contributed by atoms with van der Waals surface area (Å²) >= 11 is 1.51. The van der Waals surface area contributed by atoms with Crippen LogP contribution in [0.4, 0.5) is 0 Å². The van der Waals surface area contributed by atoms with E-state index in [2.05, 4.69) is 0 Å². The van der Waals surface area contributed by atoms with Gasteiger partial charge in [0.25, 0.3) is 5.91 Å². The third-order valence-electron chi connectivity index (χ3n) is 4.58. The maximum Gasteiger partial charge on any atom is 0.315 e. The molecule has 1 fully saturated rings. The van der Waals surface area contributed by atoms with E-state index in [0.717, 1.165) is 24.0 Å². The minimum absolute atomic E-state index is 0.0637. The predicted molar refractivity (Wildman–Crippen MR) is 91.3 cm³/mol. The van der Waals surface area contributed by atoms with Gasteiger partial charge in [-0.05, 0) is 31.4 Å². The summed E-state index contributed by atoms with van der Waals surface area (Å²) in [5.74, 6) is 0.190. The molecule has 1 aliphatic carbocycles. The highest BCUT2D eigenvalue weighted by molar-refractivity contribution is 8.00. The number of nitrogens with zero attached hydrogens (tertiary/aromatic N) is 1. The van der Waals surface area contributed by atoms with Crippen LogP contribution in [-0.2, 0) is 9.53 Å². The zero-order valence-corrected chi connectivity index (χ0v) is 14.3. The Morgan fingerprint density at radius 1 is 1.26 bits per heavy atom. The Balaban J connectivity index is 1.81. The normalized spacial score (nSPS) is 21.3. The van der Waals surface area contributed by atoms with Crippen LogP contribution in [0.5, 0.6) is 0 Å². The Bertz CT molecular complexity index is 583. The van der Waals surface area contributed by atoms with Gasteiger partial charge in [-0.25, -0.2) is 0 Å². The lowest BCUT2D eigenvalue weighted by molar-refractivity contribution is -0.139. The summed E-state index contributed by atoms with van der Waals surface area (Å²) in [6, 6.07) is 8.09. The lowest BCUT2D eigenvalue weighted by Gasteiger charge is -2.35. The molecule has 0 N–H and O–H groups in total. The first-order valence-corrected chi connectivity index (χ1v) is 9.46. The van der Waals surface area contributed by atoms with Gasteiger partial charge >= 0.3 is 5.97 Å².